The molecule has 1 atom stereocenters. The van der Waals surface area contributed by atoms with Gasteiger partial charge < -0.3 is 9.42 Å². The maximum atomic E-state index is 13.3. The summed E-state index contributed by atoms with van der Waals surface area (Å²) in [5, 5.41) is 17.7. The summed E-state index contributed by atoms with van der Waals surface area (Å²) in [6.45, 7) is 1.03. The van der Waals surface area contributed by atoms with Crippen molar-refractivity contribution in [2.45, 2.75) is 12.5 Å². The molecule has 7 heteroatoms. The average Bonchev–Trinajstić information content (AvgIpc) is 3.47. The lowest BCUT2D eigenvalue weighted by Crippen LogP contribution is -2.38. The van der Waals surface area contributed by atoms with E-state index >= 15 is 0 Å². The van der Waals surface area contributed by atoms with Gasteiger partial charge in [0.2, 0.25) is 0 Å². The van der Waals surface area contributed by atoms with E-state index in [0.717, 1.165) is 11.1 Å². The number of aryl methyl sites for hydroxylation is 1. The Hall–Kier alpha value is -4.18. The van der Waals surface area contributed by atoms with Crippen molar-refractivity contribution in [2.24, 2.45) is 7.05 Å². The number of fused-ring (bicyclic) bond motifs is 1. The van der Waals surface area contributed by atoms with Crippen LogP contribution in [0.25, 0.3) is 11.3 Å². The third kappa shape index (κ3) is 3.38. The van der Waals surface area contributed by atoms with Gasteiger partial charge in [-0.1, -0.05) is 41.6 Å². The number of benzene rings is 2. The Kier molecular flexibility index (Phi) is 4.60. The fraction of sp³-hybridized carbons (Fsp3) is 0.167. The van der Waals surface area contributed by atoms with Crippen LogP contribution in [0.4, 0.5) is 0 Å². The fourth-order valence-corrected chi connectivity index (χ4v) is 4.13. The average molecular weight is 409 g/mol. The molecule has 0 radical (unpaired) electrons. The summed E-state index contributed by atoms with van der Waals surface area (Å²) < 4.78 is 7.20. The van der Waals surface area contributed by atoms with E-state index < -0.39 is 0 Å². The van der Waals surface area contributed by atoms with Crippen molar-refractivity contribution < 1.29 is 9.32 Å². The zero-order valence-electron chi connectivity index (χ0n) is 16.9. The summed E-state index contributed by atoms with van der Waals surface area (Å²) in [5.41, 5.74) is 4.70. The van der Waals surface area contributed by atoms with Gasteiger partial charge in [0.25, 0.3) is 5.91 Å². The molecule has 152 valence electrons. The van der Waals surface area contributed by atoms with Gasteiger partial charge in [0.15, 0.2) is 11.5 Å². The molecule has 0 spiro atoms. The normalized spacial score (nSPS) is 15.4. The van der Waals surface area contributed by atoms with Crippen molar-refractivity contribution in [3.05, 3.63) is 94.9 Å². The Balaban J connectivity index is 1.46. The fourth-order valence-electron chi connectivity index (χ4n) is 4.13. The van der Waals surface area contributed by atoms with E-state index in [1.165, 1.54) is 5.56 Å². The van der Waals surface area contributed by atoms with E-state index in [1.54, 1.807) is 33.8 Å². The molecule has 0 bridgehead atoms. The molecule has 1 amide bonds. The van der Waals surface area contributed by atoms with Gasteiger partial charge in [0.05, 0.1) is 17.8 Å². The number of amides is 1. The second kappa shape index (κ2) is 7.58. The standard InChI is InChI=1S/C24H19N5O2/c1-28-13-18(12-26-28)21-15-29(14-17-7-3-4-8-19(17)21)24(30)22-10-23(31-27-22)20-9-5-2-6-16(20)11-25/h2-10,12-13,21H,14-15H2,1H3. The van der Waals surface area contributed by atoms with Crippen LogP contribution in [0.1, 0.15) is 38.7 Å². The van der Waals surface area contributed by atoms with Crippen LogP contribution in [0.15, 0.2) is 71.5 Å². The summed E-state index contributed by atoms with van der Waals surface area (Å²) in [7, 11) is 1.89. The van der Waals surface area contributed by atoms with Gasteiger partial charge in [-0.15, -0.1) is 0 Å². The maximum Gasteiger partial charge on any atom is 0.276 e. The number of rotatable bonds is 3. The van der Waals surface area contributed by atoms with Crippen molar-refractivity contribution in [1.29, 1.82) is 5.26 Å². The molecular formula is C24H19N5O2. The first kappa shape index (κ1) is 18.8. The first-order valence-corrected chi connectivity index (χ1v) is 9.96. The smallest absolute Gasteiger partial charge is 0.276 e. The van der Waals surface area contributed by atoms with Crippen LogP contribution in [-0.4, -0.2) is 32.3 Å². The molecule has 3 heterocycles. The Morgan fingerprint density at radius 1 is 1.19 bits per heavy atom. The molecule has 1 aliphatic rings. The van der Waals surface area contributed by atoms with Crippen LogP contribution < -0.4 is 0 Å². The monoisotopic (exact) mass is 409 g/mol. The second-order valence-electron chi connectivity index (χ2n) is 7.62. The molecule has 0 N–H and O–H groups in total. The molecule has 0 aliphatic carbocycles. The molecule has 1 aliphatic heterocycles. The highest BCUT2D eigenvalue weighted by molar-refractivity contribution is 5.93. The van der Waals surface area contributed by atoms with E-state index in [-0.39, 0.29) is 17.5 Å². The van der Waals surface area contributed by atoms with Crippen LogP contribution in [0.3, 0.4) is 0 Å². The molecule has 5 rings (SSSR count). The largest absolute Gasteiger partial charge is 0.355 e. The Morgan fingerprint density at radius 2 is 2.00 bits per heavy atom. The number of hydrogen-bond acceptors (Lipinski definition) is 5. The Morgan fingerprint density at radius 3 is 2.81 bits per heavy atom. The number of nitriles is 1. The van der Waals surface area contributed by atoms with Crippen LogP contribution in [0.2, 0.25) is 0 Å². The van der Waals surface area contributed by atoms with Gasteiger partial charge in [-0.3, -0.25) is 9.48 Å². The van der Waals surface area contributed by atoms with Gasteiger partial charge in [0, 0.05) is 43.9 Å². The third-order valence-corrected chi connectivity index (χ3v) is 5.65. The number of nitrogens with zero attached hydrogens (tertiary/aromatic N) is 5. The predicted octanol–water partition coefficient (Wildman–Crippen LogP) is 3.73. The zero-order chi connectivity index (χ0) is 21.4. The van der Waals surface area contributed by atoms with Gasteiger partial charge in [-0.05, 0) is 28.8 Å². The maximum absolute atomic E-state index is 13.3. The molecular weight excluding hydrogens is 390 g/mol. The van der Waals surface area contributed by atoms with Gasteiger partial charge in [-0.2, -0.15) is 10.4 Å². The summed E-state index contributed by atoms with van der Waals surface area (Å²) in [6.07, 6.45) is 3.84. The molecule has 2 aromatic heterocycles. The van der Waals surface area contributed by atoms with E-state index in [2.05, 4.69) is 28.5 Å². The lowest BCUT2D eigenvalue weighted by molar-refractivity contribution is 0.0714. The number of hydrogen-bond donors (Lipinski definition) is 0. The lowest BCUT2D eigenvalue weighted by Gasteiger charge is -2.34. The summed E-state index contributed by atoms with van der Waals surface area (Å²) in [4.78, 5) is 15.1. The molecule has 7 nitrogen and oxygen atoms in total. The number of aromatic nitrogens is 3. The Labute approximate surface area is 179 Å². The van der Waals surface area contributed by atoms with Crippen molar-refractivity contribution in [3.63, 3.8) is 0 Å². The highest BCUT2D eigenvalue weighted by Crippen LogP contribution is 2.34. The minimum Gasteiger partial charge on any atom is -0.355 e. The van der Waals surface area contributed by atoms with Gasteiger partial charge in [0.1, 0.15) is 0 Å². The second-order valence-corrected chi connectivity index (χ2v) is 7.62. The van der Waals surface area contributed by atoms with Gasteiger partial charge >= 0.3 is 0 Å². The van der Waals surface area contributed by atoms with Crippen LogP contribution in [0, 0.1) is 11.3 Å². The highest BCUT2D eigenvalue weighted by Gasteiger charge is 2.31. The highest BCUT2D eigenvalue weighted by atomic mass is 16.5. The molecule has 0 saturated heterocycles. The Bertz CT molecular complexity index is 1310. The van der Waals surface area contributed by atoms with Crippen LogP contribution >= 0.6 is 0 Å². The van der Waals surface area contributed by atoms with Crippen LogP contribution in [0.5, 0.6) is 0 Å². The van der Waals surface area contributed by atoms with E-state index in [0.29, 0.717) is 30.0 Å². The van der Waals surface area contributed by atoms with Crippen molar-refractivity contribution in [3.8, 4) is 17.4 Å². The molecule has 31 heavy (non-hydrogen) atoms. The number of carbonyl (C=O) groups is 1. The van der Waals surface area contributed by atoms with E-state index in [9.17, 15) is 10.1 Å². The van der Waals surface area contributed by atoms with Gasteiger partial charge in [-0.25, -0.2) is 0 Å². The predicted molar refractivity (Wildman–Crippen MR) is 113 cm³/mol. The molecule has 1 unspecified atom stereocenters. The molecule has 0 fully saturated rings. The van der Waals surface area contributed by atoms with E-state index in [1.807, 2.05) is 37.6 Å². The zero-order valence-corrected chi connectivity index (χ0v) is 16.9. The first-order valence-electron chi connectivity index (χ1n) is 9.96. The minimum absolute atomic E-state index is 0.0355. The first-order chi connectivity index (χ1) is 15.1. The number of carbonyl (C=O) groups excluding carboxylic acids is 1. The topological polar surface area (TPSA) is 88.0 Å². The molecule has 2 aromatic carbocycles. The third-order valence-electron chi connectivity index (χ3n) is 5.65. The van der Waals surface area contributed by atoms with Crippen molar-refractivity contribution in [2.75, 3.05) is 6.54 Å². The summed E-state index contributed by atoms with van der Waals surface area (Å²) in [6, 6.07) is 19.0. The van der Waals surface area contributed by atoms with Crippen molar-refractivity contribution in [1.82, 2.24) is 19.8 Å². The summed E-state index contributed by atoms with van der Waals surface area (Å²) >= 11 is 0. The minimum atomic E-state index is -0.201. The quantitative estimate of drug-likeness (QED) is 0.514. The van der Waals surface area contributed by atoms with E-state index in [4.69, 9.17) is 4.52 Å². The molecule has 0 saturated carbocycles. The lowest BCUT2D eigenvalue weighted by atomic mass is 9.86. The van der Waals surface area contributed by atoms with Crippen molar-refractivity contribution >= 4 is 5.91 Å². The van der Waals surface area contributed by atoms with Crippen LogP contribution in [-0.2, 0) is 13.6 Å². The molecule has 4 aromatic rings. The summed E-state index contributed by atoms with van der Waals surface area (Å²) in [5.74, 6) is 0.239. The SMILES string of the molecule is Cn1cc(C2CN(C(=O)c3cc(-c4ccccc4C#N)on3)Cc3ccccc32)cn1.